The van der Waals surface area contributed by atoms with Crippen LogP contribution in [0.2, 0.25) is 5.02 Å². The van der Waals surface area contributed by atoms with Gasteiger partial charge in [0.1, 0.15) is 17.6 Å². The Morgan fingerprint density at radius 1 is 1.29 bits per heavy atom. The van der Waals surface area contributed by atoms with Crippen LogP contribution < -0.4 is 10.1 Å². The molecule has 0 saturated carbocycles. The third-order valence-corrected chi connectivity index (χ3v) is 4.10. The number of benzene rings is 2. The van der Waals surface area contributed by atoms with Crippen molar-refractivity contribution in [2.45, 2.75) is 18.9 Å². The Morgan fingerprint density at radius 3 is 2.90 bits per heavy atom. The summed E-state index contributed by atoms with van der Waals surface area (Å²) in [4.78, 5) is 0. The van der Waals surface area contributed by atoms with E-state index >= 15 is 0 Å². The number of rotatable bonds is 3. The number of ether oxygens (including phenoxy) is 1. The molecule has 0 aromatic heterocycles. The molecular weight excluding hydrogens is 284 g/mol. The minimum Gasteiger partial charge on any atom is -0.456 e. The average molecular weight is 299 g/mol. The van der Waals surface area contributed by atoms with E-state index in [0.29, 0.717) is 22.4 Å². The predicted octanol–water partition coefficient (Wildman–Crippen LogP) is 4.21. The smallest absolute Gasteiger partial charge is 0.146 e. The van der Waals surface area contributed by atoms with Crippen molar-refractivity contribution in [3.63, 3.8) is 0 Å². The second-order valence-electron chi connectivity index (χ2n) is 5.06. The van der Waals surface area contributed by atoms with Gasteiger partial charge in [0.25, 0.3) is 0 Å². The molecule has 1 aliphatic carbocycles. The van der Waals surface area contributed by atoms with E-state index in [1.54, 1.807) is 18.2 Å². The Bertz CT molecular complexity index is 721. The molecule has 106 valence electrons. The highest BCUT2D eigenvalue weighted by Crippen LogP contribution is 2.39. The van der Waals surface area contributed by atoms with Crippen molar-refractivity contribution in [1.82, 2.24) is 5.32 Å². The van der Waals surface area contributed by atoms with Crippen molar-refractivity contribution >= 4 is 11.6 Å². The van der Waals surface area contributed by atoms with Crippen LogP contribution in [-0.2, 0) is 6.42 Å². The summed E-state index contributed by atoms with van der Waals surface area (Å²) in [5.74, 6) is 1.32. The number of hydrogen-bond acceptors (Lipinski definition) is 3. The molecule has 1 atom stereocenters. The van der Waals surface area contributed by atoms with Gasteiger partial charge in [-0.1, -0.05) is 23.7 Å². The maximum absolute atomic E-state index is 9.18. The fourth-order valence-electron chi connectivity index (χ4n) is 2.81. The van der Waals surface area contributed by atoms with Crippen LogP contribution in [0.5, 0.6) is 11.5 Å². The largest absolute Gasteiger partial charge is 0.456 e. The minimum atomic E-state index is 0.373. The summed E-state index contributed by atoms with van der Waals surface area (Å²) in [7, 11) is 1.97. The molecule has 1 N–H and O–H groups in total. The first-order chi connectivity index (χ1) is 10.2. The fourth-order valence-corrected chi connectivity index (χ4v) is 2.97. The van der Waals surface area contributed by atoms with Crippen molar-refractivity contribution < 1.29 is 4.74 Å². The van der Waals surface area contributed by atoms with Gasteiger partial charge in [-0.3, -0.25) is 0 Å². The Kier molecular flexibility index (Phi) is 3.83. The maximum atomic E-state index is 9.18. The molecular formula is C17H15ClN2O. The van der Waals surface area contributed by atoms with Crippen molar-refractivity contribution in [2.75, 3.05) is 7.05 Å². The zero-order valence-electron chi connectivity index (χ0n) is 11.7. The van der Waals surface area contributed by atoms with E-state index < -0.39 is 0 Å². The molecule has 0 aliphatic heterocycles. The zero-order valence-corrected chi connectivity index (χ0v) is 12.4. The first-order valence-corrected chi connectivity index (χ1v) is 7.27. The molecule has 3 nitrogen and oxygen atoms in total. The van der Waals surface area contributed by atoms with Gasteiger partial charge in [-0.05, 0) is 49.2 Å². The molecule has 0 amide bonds. The normalized spacial score (nSPS) is 16.3. The fraction of sp³-hybridized carbons (Fsp3) is 0.235. The second kappa shape index (κ2) is 5.77. The van der Waals surface area contributed by atoms with Gasteiger partial charge in [-0.15, -0.1) is 0 Å². The second-order valence-corrected chi connectivity index (χ2v) is 5.49. The lowest BCUT2D eigenvalue weighted by atomic mass is 10.1. The first kappa shape index (κ1) is 13.9. The van der Waals surface area contributed by atoms with E-state index in [4.69, 9.17) is 16.3 Å². The molecule has 2 aromatic carbocycles. The highest BCUT2D eigenvalue weighted by atomic mass is 35.5. The quantitative estimate of drug-likeness (QED) is 0.923. The van der Waals surface area contributed by atoms with Crippen LogP contribution in [0.25, 0.3) is 0 Å². The number of nitriles is 1. The molecule has 1 aliphatic rings. The van der Waals surface area contributed by atoms with Crippen LogP contribution in [0.4, 0.5) is 0 Å². The lowest BCUT2D eigenvalue weighted by Gasteiger charge is -2.13. The molecule has 0 spiro atoms. The van der Waals surface area contributed by atoms with Crippen LogP contribution in [0.15, 0.2) is 36.4 Å². The van der Waals surface area contributed by atoms with E-state index in [0.717, 1.165) is 18.6 Å². The SMILES string of the molecule is CNC1CCc2c(Oc3cc(Cl)ccc3C#N)cccc21. The molecule has 2 aromatic rings. The summed E-state index contributed by atoms with van der Waals surface area (Å²) >= 11 is 6.00. The van der Waals surface area contributed by atoms with E-state index in [9.17, 15) is 5.26 Å². The summed E-state index contributed by atoms with van der Waals surface area (Å²) in [5.41, 5.74) is 2.97. The molecule has 0 bridgehead atoms. The Labute approximate surface area is 129 Å². The average Bonchev–Trinajstić information content (AvgIpc) is 2.92. The summed E-state index contributed by atoms with van der Waals surface area (Å²) in [6.07, 6.45) is 2.03. The van der Waals surface area contributed by atoms with Crippen molar-refractivity contribution in [1.29, 1.82) is 5.26 Å². The molecule has 4 heteroatoms. The van der Waals surface area contributed by atoms with E-state index in [-0.39, 0.29) is 0 Å². The Hall–Kier alpha value is -2.02. The van der Waals surface area contributed by atoms with Crippen LogP contribution in [0.3, 0.4) is 0 Å². The van der Waals surface area contributed by atoms with Crippen LogP contribution in [0.1, 0.15) is 29.2 Å². The molecule has 0 radical (unpaired) electrons. The van der Waals surface area contributed by atoms with Gasteiger partial charge >= 0.3 is 0 Å². The third kappa shape index (κ3) is 2.61. The van der Waals surface area contributed by atoms with Crippen LogP contribution in [0, 0.1) is 11.3 Å². The standard InChI is InChI=1S/C17H15ClN2O/c1-20-15-8-7-14-13(15)3-2-4-16(14)21-17-9-12(18)6-5-11(17)10-19/h2-6,9,15,20H,7-8H2,1H3. The molecule has 21 heavy (non-hydrogen) atoms. The monoisotopic (exact) mass is 298 g/mol. The molecule has 0 fully saturated rings. The lowest BCUT2D eigenvalue weighted by molar-refractivity contribution is 0.475. The van der Waals surface area contributed by atoms with Gasteiger partial charge in [0.15, 0.2) is 0 Å². The molecule has 0 saturated heterocycles. The zero-order chi connectivity index (χ0) is 14.8. The van der Waals surface area contributed by atoms with E-state index in [1.165, 1.54) is 11.1 Å². The van der Waals surface area contributed by atoms with Crippen molar-refractivity contribution in [3.8, 4) is 17.6 Å². The maximum Gasteiger partial charge on any atom is 0.146 e. The van der Waals surface area contributed by atoms with Crippen LogP contribution in [-0.4, -0.2) is 7.05 Å². The predicted molar refractivity (Wildman–Crippen MR) is 82.8 cm³/mol. The number of nitrogens with zero attached hydrogens (tertiary/aromatic N) is 1. The van der Waals surface area contributed by atoms with Crippen molar-refractivity contribution in [2.24, 2.45) is 0 Å². The summed E-state index contributed by atoms with van der Waals surface area (Å²) in [6.45, 7) is 0. The molecule has 3 rings (SSSR count). The minimum absolute atomic E-state index is 0.373. The third-order valence-electron chi connectivity index (χ3n) is 3.86. The van der Waals surface area contributed by atoms with Gasteiger partial charge in [0.05, 0.1) is 5.56 Å². The summed E-state index contributed by atoms with van der Waals surface area (Å²) < 4.78 is 5.98. The first-order valence-electron chi connectivity index (χ1n) is 6.89. The molecule has 0 heterocycles. The highest BCUT2D eigenvalue weighted by Gasteiger charge is 2.24. The summed E-state index contributed by atoms with van der Waals surface area (Å²) in [6, 6.07) is 13.6. The van der Waals surface area contributed by atoms with Gasteiger partial charge in [-0.25, -0.2) is 0 Å². The van der Waals surface area contributed by atoms with E-state index in [1.807, 2.05) is 19.2 Å². The van der Waals surface area contributed by atoms with Gasteiger partial charge < -0.3 is 10.1 Å². The van der Waals surface area contributed by atoms with Gasteiger partial charge in [0, 0.05) is 17.1 Å². The number of hydrogen-bond donors (Lipinski definition) is 1. The van der Waals surface area contributed by atoms with Gasteiger partial charge in [0.2, 0.25) is 0 Å². The Balaban J connectivity index is 1.99. The number of halogens is 1. The molecule has 1 unspecified atom stereocenters. The van der Waals surface area contributed by atoms with Gasteiger partial charge in [-0.2, -0.15) is 5.26 Å². The Morgan fingerprint density at radius 2 is 2.14 bits per heavy atom. The summed E-state index contributed by atoms with van der Waals surface area (Å²) in [5, 5.41) is 13.1. The van der Waals surface area contributed by atoms with E-state index in [2.05, 4.69) is 17.5 Å². The lowest BCUT2D eigenvalue weighted by Crippen LogP contribution is -2.12. The van der Waals surface area contributed by atoms with Crippen LogP contribution >= 0.6 is 11.6 Å². The topological polar surface area (TPSA) is 45.0 Å². The number of nitrogens with one attached hydrogen (secondary N) is 1. The number of fused-ring (bicyclic) bond motifs is 1. The highest BCUT2D eigenvalue weighted by molar-refractivity contribution is 6.30. The van der Waals surface area contributed by atoms with Crippen molar-refractivity contribution in [3.05, 3.63) is 58.1 Å².